The summed E-state index contributed by atoms with van der Waals surface area (Å²) in [7, 11) is 1.55. The SMILES string of the molecule is COc1ccccc1C=CCN(CCN1CCN(C(=O)Nc2cc(C(F)(F)F)cc(C(F)(F)F)c2)CC1)C(=O)c1ccc(F)cc1. The van der Waals surface area contributed by atoms with Crippen LogP contribution in [-0.4, -0.2) is 79.6 Å². The minimum atomic E-state index is -5.04. The quantitative estimate of drug-likeness (QED) is 0.256. The van der Waals surface area contributed by atoms with Crippen molar-refractivity contribution >= 4 is 23.7 Å². The van der Waals surface area contributed by atoms with E-state index in [0.717, 1.165) is 5.56 Å². The molecule has 246 valence electrons. The van der Waals surface area contributed by atoms with E-state index in [0.29, 0.717) is 43.1 Å². The normalized spacial score (nSPS) is 14.4. The Labute approximate surface area is 260 Å². The first-order chi connectivity index (χ1) is 21.7. The molecule has 3 aromatic carbocycles. The number of urea groups is 1. The fourth-order valence-corrected chi connectivity index (χ4v) is 4.83. The maximum Gasteiger partial charge on any atom is 0.416 e. The lowest BCUT2D eigenvalue weighted by molar-refractivity contribution is -0.143. The molecule has 0 aromatic heterocycles. The lowest BCUT2D eigenvalue weighted by atomic mass is 10.1. The molecule has 14 heteroatoms. The molecule has 1 heterocycles. The van der Waals surface area contributed by atoms with Crippen molar-refractivity contribution in [3.8, 4) is 5.75 Å². The summed E-state index contributed by atoms with van der Waals surface area (Å²) in [5.74, 6) is -0.136. The number of halogens is 7. The van der Waals surface area contributed by atoms with E-state index in [-0.39, 0.29) is 38.2 Å². The molecule has 3 aromatic rings. The predicted octanol–water partition coefficient (Wildman–Crippen LogP) is 6.88. The third-order valence-corrected chi connectivity index (χ3v) is 7.33. The van der Waals surface area contributed by atoms with Gasteiger partial charge in [-0.1, -0.05) is 30.4 Å². The largest absolute Gasteiger partial charge is 0.496 e. The van der Waals surface area contributed by atoms with Crippen LogP contribution in [0, 0.1) is 5.82 Å². The maximum absolute atomic E-state index is 13.5. The van der Waals surface area contributed by atoms with Crippen molar-refractivity contribution in [2.45, 2.75) is 12.4 Å². The van der Waals surface area contributed by atoms with Gasteiger partial charge in [0.15, 0.2) is 0 Å². The third kappa shape index (κ3) is 9.22. The number of alkyl halides is 6. The van der Waals surface area contributed by atoms with Gasteiger partial charge in [-0.25, -0.2) is 9.18 Å². The molecule has 1 fully saturated rings. The summed E-state index contributed by atoms with van der Waals surface area (Å²) >= 11 is 0. The van der Waals surface area contributed by atoms with Crippen molar-refractivity contribution in [2.24, 2.45) is 0 Å². The number of methoxy groups -OCH3 is 1. The standard InChI is InChI=1S/C32H31F7N4O3/c1-46-28-7-3-2-5-22(28)6-4-12-42(29(44)23-8-10-26(33)11-9-23)16-13-41-14-17-43(18-15-41)30(45)40-27-20-24(31(34,35)36)19-25(21-27)32(37,38)39/h2-11,19-21H,12-18H2,1H3,(H,40,45). The molecule has 1 aliphatic rings. The molecule has 7 nitrogen and oxygen atoms in total. The fraction of sp³-hybridized carbons (Fsp3) is 0.312. The lowest BCUT2D eigenvalue weighted by Crippen LogP contribution is -2.51. The number of carbonyl (C=O) groups is 2. The number of ether oxygens (including phenoxy) is 1. The smallest absolute Gasteiger partial charge is 0.416 e. The molecule has 3 amide bonds. The lowest BCUT2D eigenvalue weighted by Gasteiger charge is -2.35. The van der Waals surface area contributed by atoms with Crippen molar-refractivity contribution in [1.29, 1.82) is 0 Å². The fourth-order valence-electron chi connectivity index (χ4n) is 4.83. The molecule has 1 saturated heterocycles. The number of nitrogens with one attached hydrogen (secondary N) is 1. The minimum absolute atomic E-state index is 0.00709. The number of rotatable bonds is 9. The summed E-state index contributed by atoms with van der Waals surface area (Å²) in [5.41, 5.74) is -2.56. The average molecular weight is 653 g/mol. The highest BCUT2D eigenvalue weighted by Gasteiger charge is 2.37. The Hall–Kier alpha value is -4.59. The molecular weight excluding hydrogens is 621 g/mol. The first-order valence-electron chi connectivity index (χ1n) is 14.2. The summed E-state index contributed by atoms with van der Waals surface area (Å²) in [6.45, 7) is 1.91. The van der Waals surface area contributed by atoms with E-state index in [9.17, 15) is 40.3 Å². The van der Waals surface area contributed by atoms with E-state index < -0.39 is 41.0 Å². The Kier molecular flexibility index (Phi) is 10.9. The summed E-state index contributed by atoms with van der Waals surface area (Å²) in [6.07, 6.45) is -6.45. The van der Waals surface area contributed by atoms with E-state index in [1.54, 1.807) is 24.2 Å². The van der Waals surface area contributed by atoms with Crippen molar-refractivity contribution in [1.82, 2.24) is 14.7 Å². The van der Waals surface area contributed by atoms with Gasteiger partial charge in [0.1, 0.15) is 11.6 Å². The number of piperazine rings is 1. The Balaban J connectivity index is 1.37. The van der Waals surface area contributed by atoms with E-state index in [2.05, 4.69) is 5.32 Å². The van der Waals surface area contributed by atoms with Gasteiger partial charge in [-0.2, -0.15) is 26.3 Å². The predicted molar refractivity (Wildman–Crippen MR) is 158 cm³/mol. The third-order valence-electron chi connectivity index (χ3n) is 7.33. The number of hydrogen-bond donors (Lipinski definition) is 1. The van der Waals surface area contributed by atoms with E-state index in [1.165, 1.54) is 29.2 Å². The van der Waals surface area contributed by atoms with Crippen LogP contribution < -0.4 is 10.1 Å². The number of nitrogens with zero attached hydrogens (tertiary/aromatic N) is 3. The summed E-state index contributed by atoms with van der Waals surface area (Å²) in [4.78, 5) is 30.9. The Morgan fingerprint density at radius 1 is 0.891 bits per heavy atom. The van der Waals surface area contributed by atoms with Crippen LogP contribution >= 0.6 is 0 Å². The molecule has 0 aliphatic carbocycles. The molecule has 1 aliphatic heterocycles. The van der Waals surface area contributed by atoms with Crippen LogP contribution in [-0.2, 0) is 12.4 Å². The van der Waals surface area contributed by atoms with Gasteiger partial charge < -0.3 is 19.9 Å². The Morgan fingerprint density at radius 3 is 2.09 bits per heavy atom. The summed E-state index contributed by atoms with van der Waals surface area (Å²) in [6, 6.07) is 12.6. The highest BCUT2D eigenvalue weighted by molar-refractivity contribution is 5.94. The van der Waals surface area contributed by atoms with Gasteiger partial charge in [0.2, 0.25) is 0 Å². The van der Waals surface area contributed by atoms with Crippen LogP contribution in [0.3, 0.4) is 0 Å². The first kappa shape index (κ1) is 34.3. The molecule has 46 heavy (non-hydrogen) atoms. The zero-order chi connectivity index (χ0) is 33.5. The molecule has 0 unspecified atom stereocenters. The van der Waals surface area contributed by atoms with Gasteiger partial charge in [-0.3, -0.25) is 9.69 Å². The first-order valence-corrected chi connectivity index (χ1v) is 14.2. The molecule has 4 rings (SSSR count). The maximum atomic E-state index is 13.5. The number of hydrogen-bond acceptors (Lipinski definition) is 4. The van der Waals surface area contributed by atoms with Gasteiger partial charge in [-0.05, 0) is 48.5 Å². The number of carbonyl (C=O) groups excluding carboxylic acids is 2. The topological polar surface area (TPSA) is 65.1 Å². The molecule has 0 atom stereocenters. The van der Waals surface area contributed by atoms with Crippen molar-refractivity contribution in [3.63, 3.8) is 0 Å². The minimum Gasteiger partial charge on any atom is -0.496 e. The van der Waals surface area contributed by atoms with Crippen LogP contribution in [0.4, 0.5) is 41.2 Å². The van der Waals surface area contributed by atoms with Crippen LogP contribution in [0.2, 0.25) is 0 Å². The van der Waals surface area contributed by atoms with E-state index >= 15 is 0 Å². The zero-order valence-corrected chi connectivity index (χ0v) is 24.7. The van der Waals surface area contributed by atoms with Crippen LogP contribution in [0.15, 0.2) is 72.8 Å². The van der Waals surface area contributed by atoms with Gasteiger partial charge in [0.05, 0.1) is 18.2 Å². The summed E-state index contributed by atoms with van der Waals surface area (Å²) < 4.78 is 98.0. The van der Waals surface area contributed by atoms with Gasteiger partial charge in [0.25, 0.3) is 5.91 Å². The van der Waals surface area contributed by atoms with Crippen molar-refractivity contribution in [3.05, 3.63) is 101 Å². The molecule has 0 spiro atoms. The van der Waals surface area contributed by atoms with Gasteiger partial charge in [0, 0.05) is 62.6 Å². The number of anilines is 1. The molecular formula is C32H31F7N4O3. The van der Waals surface area contributed by atoms with Crippen LogP contribution in [0.1, 0.15) is 27.0 Å². The highest BCUT2D eigenvalue weighted by Crippen LogP contribution is 2.37. The average Bonchev–Trinajstić information content (AvgIpc) is 3.02. The Morgan fingerprint density at radius 2 is 1.50 bits per heavy atom. The van der Waals surface area contributed by atoms with E-state index in [1.807, 2.05) is 29.2 Å². The van der Waals surface area contributed by atoms with Crippen molar-refractivity contribution < 1.29 is 45.1 Å². The summed E-state index contributed by atoms with van der Waals surface area (Å²) in [5, 5.41) is 2.16. The molecule has 0 bridgehead atoms. The highest BCUT2D eigenvalue weighted by atomic mass is 19.4. The second kappa shape index (κ2) is 14.7. The molecule has 0 saturated carbocycles. The van der Waals surface area contributed by atoms with Gasteiger partial charge in [-0.15, -0.1) is 0 Å². The molecule has 0 radical (unpaired) electrons. The monoisotopic (exact) mass is 652 g/mol. The van der Waals surface area contributed by atoms with E-state index in [4.69, 9.17) is 4.74 Å². The number of amides is 3. The van der Waals surface area contributed by atoms with Crippen molar-refractivity contribution in [2.75, 3.05) is 58.2 Å². The van der Waals surface area contributed by atoms with Gasteiger partial charge >= 0.3 is 18.4 Å². The molecule has 1 N–H and O–H groups in total. The Bertz CT molecular complexity index is 1500. The number of benzene rings is 3. The van der Waals surface area contributed by atoms with Crippen LogP contribution in [0.5, 0.6) is 5.75 Å². The zero-order valence-electron chi connectivity index (χ0n) is 24.7. The van der Waals surface area contributed by atoms with Crippen LogP contribution in [0.25, 0.3) is 6.08 Å². The second-order valence-corrected chi connectivity index (χ2v) is 10.5. The number of para-hydroxylation sites is 1. The second-order valence-electron chi connectivity index (χ2n) is 10.5.